The van der Waals surface area contributed by atoms with Crippen molar-refractivity contribution < 1.29 is 4.79 Å². The Morgan fingerprint density at radius 3 is 2.48 bits per heavy atom. The third-order valence-corrected chi connectivity index (χ3v) is 4.18. The molecule has 114 valence electrons. The lowest BCUT2D eigenvalue weighted by Gasteiger charge is -2.30. The Kier molecular flexibility index (Phi) is 6.61. The molecule has 0 amide bonds. The monoisotopic (exact) mass is 284 g/mol. The van der Waals surface area contributed by atoms with Gasteiger partial charge in [-0.05, 0) is 73.8 Å². The summed E-state index contributed by atoms with van der Waals surface area (Å²) in [6.45, 7) is 10.9. The number of rotatable bonds is 5. The molecule has 0 atom stereocenters. The van der Waals surface area contributed by atoms with Gasteiger partial charge in [0.1, 0.15) is 6.29 Å². The van der Waals surface area contributed by atoms with Gasteiger partial charge >= 0.3 is 0 Å². The highest BCUT2D eigenvalue weighted by Gasteiger charge is 2.23. The van der Waals surface area contributed by atoms with Crippen LogP contribution in [0.5, 0.6) is 0 Å². The molecule has 1 aliphatic carbocycles. The van der Waals surface area contributed by atoms with Gasteiger partial charge in [-0.2, -0.15) is 0 Å². The van der Waals surface area contributed by atoms with Crippen molar-refractivity contribution in [2.45, 2.75) is 53.9 Å². The summed E-state index contributed by atoms with van der Waals surface area (Å²) in [5.41, 5.74) is 5.27. The summed E-state index contributed by atoms with van der Waals surface area (Å²) in [5, 5.41) is 0. The lowest BCUT2D eigenvalue weighted by Crippen LogP contribution is -2.17. The van der Waals surface area contributed by atoms with Crippen molar-refractivity contribution in [2.24, 2.45) is 5.41 Å². The summed E-state index contributed by atoms with van der Waals surface area (Å²) in [6.07, 6.45) is 16.9. The Bertz CT molecular complexity index is 522. The van der Waals surface area contributed by atoms with Crippen molar-refractivity contribution >= 4 is 6.29 Å². The topological polar surface area (TPSA) is 17.1 Å². The molecule has 1 aliphatic rings. The van der Waals surface area contributed by atoms with E-state index in [1.807, 2.05) is 19.1 Å². The summed E-state index contributed by atoms with van der Waals surface area (Å²) >= 11 is 0. The second-order valence-electron chi connectivity index (χ2n) is 6.52. The molecule has 0 radical (unpaired) electrons. The largest absolute Gasteiger partial charge is 0.299 e. The predicted molar refractivity (Wildman–Crippen MR) is 92.2 cm³/mol. The second kappa shape index (κ2) is 7.97. The SMILES string of the molecule is CC(=C/C=O)/C=C/C=C(C)\C(C)=C\C1=CCCCC1(C)C. The lowest BCUT2D eigenvalue weighted by atomic mass is 9.75. The molecule has 0 heterocycles. The zero-order chi connectivity index (χ0) is 15.9. The molecule has 1 rings (SSSR count). The van der Waals surface area contributed by atoms with Crippen molar-refractivity contribution in [2.75, 3.05) is 0 Å². The van der Waals surface area contributed by atoms with Crippen molar-refractivity contribution in [1.82, 2.24) is 0 Å². The number of aldehydes is 1. The Hall–Kier alpha value is -1.63. The minimum Gasteiger partial charge on any atom is -0.299 e. The standard InChI is InChI=1S/C20H28O/c1-16(12-14-21)9-8-10-17(2)18(3)15-19-11-6-7-13-20(19,4)5/h8-12,14-15H,6-7,13H2,1-5H3/b9-8+,16-12-,17-10-,18-15+. The molecule has 0 N–H and O–H groups in total. The Morgan fingerprint density at radius 2 is 1.86 bits per heavy atom. The molecule has 0 spiro atoms. The van der Waals surface area contributed by atoms with E-state index in [1.54, 1.807) is 6.08 Å². The van der Waals surface area contributed by atoms with E-state index in [9.17, 15) is 4.79 Å². The third kappa shape index (κ3) is 5.71. The number of carbonyl (C=O) groups is 1. The molecule has 0 aromatic rings. The maximum atomic E-state index is 10.4. The fourth-order valence-corrected chi connectivity index (χ4v) is 2.46. The van der Waals surface area contributed by atoms with Crippen LogP contribution in [0.4, 0.5) is 0 Å². The van der Waals surface area contributed by atoms with Crippen molar-refractivity contribution in [3.8, 4) is 0 Å². The Balaban J connectivity index is 2.84. The minimum atomic E-state index is 0.291. The van der Waals surface area contributed by atoms with Gasteiger partial charge in [0.05, 0.1) is 0 Å². The predicted octanol–water partition coefficient (Wildman–Crippen LogP) is 5.72. The zero-order valence-electron chi connectivity index (χ0n) is 14.1. The van der Waals surface area contributed by atoms with E-state index in [4.69, 9.17) is 0 Å². The quantitative estimate of drug-likeness (QED) is 0.358. The first-order valence-corrected chi connectivity index (χ1v) is 7.73. The van der Waals surface area contributed by atoms with E-state index in [1.165, 1.54) is 36.0 Å². The number of hydrogen-bond acceptors (Lipinski definition) is 1. The van der Waals surface area contributed by atoms with Crippen LogP contribution in [0.3, 0.4) is 0 Å². The van der Waals surface area contributed by atoms with E-state index in [0.29, 0.717) is 5.41 Å². The maximum absolute atomic E-state index is 10.4. The van der Waals surface area contributed by atoms with E-state index in [2.05, 4.69) is 45.9 Å². The lowest BCUT2D eigenvalue weighted by molar-refractivity contribution is -0.104. The molecule has 0 aliphatic heterocycles. The van der Waals surface area contributed by atoms with E-state index in [-0.39, 0.29) is 0 Å². The van der Waals surface area contributed by atoms with Gasteiger partial charge in [-0.1, -0.05) is 44.2 Å². The molecule has 1 nitrogen and oxygen atoms in total. The molecule has 1 heteroatoms. The van der Waals surface area contributed by atoms with Gasteiger partial charge in [0.25, 0.3) is 0 Å². The number of hydrogen-bond donors (Lipinski definition) is 0. The summed E-state index contributed by atoms with van der Waals surface area (Å²) in [5.74, 6) is 0. The van der Waals surface area contributed by atoms with Gasteiger partial charge in [0.2, 0.25) is 0 Å². The molecular formula is C20H28O. The van der Waals surface area contributed by atoms with Crippen molar-refractivity contribution in [3.05, 3.63) is 58.7 Å². The Morgan fingerprint density at radius 1 is 1.14 bits per heavy atom. The van der Waals surface area contributed by atoms with Gasteiger partial charge < -0.3 is 0 Å². The summed E-state index contributed by atoms with van der Waals surface area (Å²) in [7, 11) is 0. The first-order valence-electron chi connectivity index (χ1n) is 7.73. The zero-order valence-corrected chi connectivity index (χ0v) is 14.1. The van der Waals surface area contributed by atoms with Crippen LogP contribution < -0.4 is 0 Å². The van der Waals surface area contributed by atoms with Crippen LogP contribution in [0.1, 0.15) is 53.9 Å². The van der Waals surface area contributed by atoms with Crippen LogP contribution in [0.25, 0.3) is 0 Å². The number of carbonyl (C=O) groups excluding carboxylic acids is 1. The molecule has 0 fully saturated rings. The van der Waals surface area contributed by atoms with Crippen LogP contribution in [-0.2, 0) is 4.79 Å². The normalized spacial score (nSPS) is 20.6. The highest BCUT2D eigenvalue weighted by Crippen LogP contribution is 2.38. The van der Waals surface area contributed by atoms with Crippen LogP contribution >= 0.6 is 0 Å². The summed E-state index contributed by atoms with van der Waals surface area (Å²) in [6, 6.07) is 0. The van der Waals surface area contributed by atoms with Crippen molar-refractivity contribution in [1.29, 1.82) is 0 Å². The van der Waals surface area contributed by atoms with E-state index >= 15 is 0 Å². The van der Waals surface area contributed by atoms with Crippen LogP contribution in [0, 0.1) is 5.41 Å². The fraction of sp³-hybridized carbons (Fsp3) is 0.450. The number of allylic oxidation sites excluding steroid dienone is 10. The first-order chi connectivity index (χ1) is 9.86. The minimum absolute atomic E-state index is 0.291. The van der Waals surface area contributed by atoms with Crippen LogP contribution in [0.2, 0.25) is 0 Å². The average Bonchev–Trinajstić information content (AvgIpc) is 2.41. The molecular weight excluding hydrogens is 256 g/mol. The van der Waals surface area contributed by atoms with E-state index in [0.717, 1.165) is 11.9 Å². The first kappa shape index (κ1) is 17.4. The summed E-state index contributed by atoms with van der Waals surface area (Å²) < 4.78 is 0. The van der Waals surface area contributed by atoms with Gasteiger partial charge in [-0.3, -0.25) is 4.79 Å². The van der Waals surface area contributed by atoms with Gasteiger partial charge in [-0.25, -0.2) is 0 Å². The molecule has 0 unspecified atom stereocenters. The molecule has 0 bridgehead atoms. The molecule has 0 saturated heterocycles. The molecule has 0 aromatic heterocycles. The van der Waals surface area contributed by atoms with Gasteiger partial charge in [-0.15, -0.1) is 0 Å². The van der Waals surface area contributed by atoms with Gasteiger partial charge in [0, 0.05) is 0 Å². The van der Waals surface area contributed by atoms with Crippen molar-refractivity contribution in [3.63, 3.8) is 0 Å². The maximum Gasteiger partial charge on any atom is 0.143 e. The smallest absolute Gasteiger partial charge is 0.143 e. The van der Waals surface area contributed by atoms with Crippen LogP contribution in [-0.4, -0.2) is 6.29 Å². The Labute approximate surface area is 129 Å². The summed E-state index contributed by atoms with van der Waals surface area (Å²) in [4.78, 5) is 10.4. The van der Waals surface area contributed by atoms with Crippen LogP contribution in [0.15, 0.2) is 58.7 Å². The third-order valence-electron chi connectivity index (χ3n) is 4.18. The molecule has 21 heavy (non-hydrogen) atoms. The highest BCUT2D eigenvalue weighted by molar-refractivity contribution is 5.66. The molecule has 0 aromatic carbocycles. The molecule has 0 saturated carbocycles. The highest BCUT2D eigenvalue weighted by atomic mass is 16.1. The fourth-order valence-electron chi connectivity index (χ4n) is 2.46. The second-order valence-corrected chi connectivity index (χ2v) is 6.52. The van der Waals surface area contributed by atoms with Gasteiger partial charge in [0.15, 0.2) is 0 Å². The average molecular weight is 284 g/mol. The van der Waals surface area contributed by atoms with E-state index < -0.39 is 0 Å².